The van der Waals surface area contributed by atoms with Crippen molar-refractivity contribution in [2.75, 3.05) is 7.05 Å². The molecule has 9 heteroatoms. The lowest BCUT2D eigenvalue weighted by Crippen LogP contribution is -2.36. The highest BCUT2D eigenvalue weighted by Gasteiger charge is 2.49. The van der Waals surface area contributed by atoms with Gasteiger partial charge in [-0.15, -0.1) is 4.28 Å². The van der Waals surface area contributed by atoms with Crippen LogP contribution in [0.1, 0.15) is 12.0 Å². The lowest BCUT2D eigenvalue weighted by atomic mass is 10.1. The predicted molar refractivity (Wildman–Crippen MR) is 63.6 cm³/mol. The summed E-state index contributed by atoms with van der Waals surface area (Å²) in [5.41, 5.74) is -4.77. The molecule has 0 aromatic heterocycles. The lowest BCUT2D eigenvalue weighted by molar-refractivity contribution is -0.155. The normalized spacial score (nSPS) is 12.2. The van der Waals surface area contributed by atoms with Crippen molar-refractivity contribution < 1.29 is 30.7 Å². The monoisotopic (exact) mass is 311 g/mol. The molecule has 5 nitrogen and oxygen atoms in total. The van der Waals surface area contributed by atoms with E-state index in [9.17, 15) is 26.4 Å². The van der Waals surface area contributed by atoms with Crippen LogP contribution in [0.15, 0.2) is 30.3 Å². The average Bonchev–Trinajstić information content (AvgIpc) is 2.35. The summed E-state index contributed by atoms with van der Waals surface area (Å²) in [7, 11) is -5.00. The second-order valence-corrected chi connectivity index (χ2v) is 5.37. The summed E-state index contributed by atoms with van der Waals surface area (Å²) in [6, 6.07) is 8.74. The molecule has 0 radical (unpaired) electrons. The number of amides is 1. The summed E-state index contributed by atoms with van der Waals surface area (Å²) in [6.07, 6.45) is 0.0906. The minimum absolute atomic E-state index is 0.0752. The van der Waals surface area contributed by atoms with Crippen molar-refractivity contribution in [3.05, 3.63) is 35.9 Å². The maximum Gasteiger partial charge on any atom is 0.525 e. The molecule has 0 bridgehead atoms. The van der Waals surface area contributed by atoms with E-state index in [2.05, 4.69) is 4.28 Å². The Kier molecular flexibility index (Phi) is 5.12. The van der Waals surface area contributed by atoms with E-state index in [1.807, 2.05) is 0 Å². The smallest absolute Gasteiger partial charge is 0.273 e. The highest BCUT2D eigenvalue weighted by molar-refractivity contribution is 7.87. The van der Waals surface area contributed by atoms with Gasteiger partial charge in [0.1, 0.15) is 0 Å². The van der Waals surface area contributed by atoms with Crippen molar-refractivity contribution in [3.8, 4) is 0 Å². The average molecular weight is 311 g/mol. The summed E-state index contributed by atoms with van der Waals surface area (Å²) in [4.78, 5) is 11.5. The molecule has 0 N–H and O–H groups in total. The molecule has 0 spiro atoms. The van der Waals surface area contributed by atoms with Gasteiger partial charge in [-0.1, -0.05) is 30.3 Å². The standard InChI is InChI=1S/C11H12F3NO4S/c1-15(19-20(17,18)11(12,13)14)10(16)8-7-9-5-3-2-4-6-9/h2-6H,7-8H2,1H3. The molecule has 1 rings (SSSR count). The Bertz CT molecular complexity index is 557. The van der Waals surface area contributed by atoms with E-state index in [1.165, 1.54) is 0 Å². The molecular formula is C11H12F3NO4S. The lowest BCUT2D eigenvalue weighted by Gasteiger charge is -2.17. The van der Waals surface area contributed by atoms with Crippen LogP contribution >= 0.6 is 0 Å². The van der Waals surface area contributed by atoms with Gasteiger partial charge in [-0.25, -0.2) is 5.06 Å². The second-order valence-electron chi connectivity index (χ2n) is 3.85. The summed E-state index contributed by atoms with van der Waals surface area (Å²) in [5.74, 6) is -0.873. The SMILES string of the molecule is CN(OS(=O)(=O)C(F)(F)F)C(=O)CCc1ccccc1. The number of alkyl halides is 3. The van der Waals surface area contributed by atoms with Gasteiger partial charge in [-0.2, -0.15) is 21.6 Å². The number of rotatable bonds is 5. The van der Waals surface area contributed by atoms with E-state index in [4.69, 9.17) is 0 Å². The first-order valence-corrected chi connectivity index (χ1v) is 6.85. The molecule has 0 aliphatic heterocycles. The molecule has 0 unspecified atom stereocenters. The molecule has 112 valence electrons. The Morgan fingerprint density at radius 3 is 2.30 bits per heavy atom. The van der Waals surface area contributed by atoms with E-state index >= 15 is 0 Å². The van der Waals surface area contributed by atoms with Gasteiger partial charge in [0.15, 0.2) is 0 Å². The molecule has 0 aliphatic rings. The van der Waals surface area contributed by atoms with Crippen LogP contribution < -0.4 is 0 Å². The Labute approximate surface area is 114 Å². The van der Waals surface area contributed by atoms with E-state index in [-0.39, 0.29) is 17.9 Å². The Balaban J connectivity index is 2.56. The van der Waals surface area contributed by atoms with Gasteiger partial charge in [0.2, 0.25) is 5.91 Å². The Morgan fingerprint density at radius 1 is 1.25 bits per heavy atom. The van der Waals surface area contributed by atoms with Gasteiger partial charge >= 0.3 is 15.6 Å². The van der Waals surface area contributed by atoms with E-state index < -0.39 is 21.5 Å². The molecule has 1 aromatic carbocycles. The van der Waals surface area contributed by atoms with Crippen LogP contribution in [-0.4, -0.2) is 31.9 Å². The van der Waals surface area contributed by atoms with Crippen molar-refractivity contribution in [3.63, 3.8) is 0 Å². The number of nitrogens with zero attached hydrogens (tertiary/aromatic N) is 1. The minimum atomic E-state index is -5.82. The number of carbonyl (C=O) groups excluding carboxylic acids is 1. The largest absolute Gasteiger partial charge is 0.525 e. The fourth-order valence-electron chi connectivity index (χ4n) is 1.28. The van der Waals surface area contributed by atoms with Crippen LogP contribution in [0, 0.1) is 0 Å². The maximum absolute atomic E-state index is 12.1. The quantitative estimate of drug-likeness (QED) is 0.615. The number of aryl methyl sites for hydroxylation is 1. The number of halogens is 3. The highest BCUT2D eigenvalue weighted by Crippen LogP contribution is 2.25. The van der Waals surface area contributed by atoms with Crippen LogP contribution in [0.4, 0.5) is 13.2 Å². The Hall–Kier alpha value is -1.61. The van der Waals surface area contributed by atoms with Crippen molar-refractivity contribution in [2.45, 2.75) is 18.3 Å². The van der Waals surface area contributed by atoms with E-state index in [0.717, 1.165) is 12.6 Å². The van der Waals surface area contributed by atoms with Gasteiger partial charge in [-0.05, 0) is 12.0 Å². The summed E-state index contributed by atoms with van der Waals surface area (Å²) >= 11 is 0. The van der Waals surface area contributed by atoms with Crippen LogP contribution in [0.2, 0.25) is 0 Å². The molecule has 1 aromatic rings. The van der Waals surface area contributed by atoms with Gasteiger partial charge in [0.25, 0.3) is 0 Å². The third kappa shape index (κ3) is 4.49. The summed E-state index contributed by atoms with van der Waals surface area (Å²) in [6.45, 7) is 0. The number of benzene rings is 1. The topological polar surface area (TPSA) is 63.7 Å². The third-order valence-electron chi connectivity index (χ3n) is 2.31. The van der Waals surface area contributed by atoms with E-state index in [0.29, 0.717) is 0 Å². The van der Waals surface area contributed by atoms with Crippen molar-refractivity contribution >= 4 is 16.0 Å². The van der Waals surface area contributed by atoms with Crippen molar-refractivity contribution in [2.24, 2.45) is 0 Å². The molecular weight excluding hydrogens is 299 g/mol. The fourth-order valence-corrected chi connectivity index (χ4v) is 1.75. The first-order valence-electron chi connectivity index (χ1n) is 5.45. The number of hydroxylamine groups is 2. The van der Waals surface area contributed by atoms with Crippen LogP contribution in [0.5, 0.6) is 0 Å². The van der Waals surface area contributed by atoms with Gasteiger partial charge in [0.05, 0.1) is 0 Å². The van der Waals surface area contributed by atoms with Gasteiger partial charge in [0, 0.05) is 13.5 Å². The summed E-state index contributed by atoms with van der Waals surface area (Å²) in [5, 5.41) is 0.0752. The molecule has 0 saturated carbocycles. The molecule has 0 heterocycles. The zero-order valence-corrected chi connectivity index (χ0v) is 11.2. The van der Waals surface area contributed by atoms with E-state index in [1.54, 1.807) is 30.3 Å². The van der Waals surface area contributed by atoms with Gasteiger partial charge in [-0.3, -0.25) is 4.79 Å². The van der Waals surface area contributed by atoms with Crippen LogP contribution in [0.3, 0.4) is 0 Å². The minimum Gasteiger partial charge on any atom is -0.273 e. The van der Waals surface area contributed by atoms with Crippen LogP contribution in [0.25, 0.3) is 0 Å². The number of hydrogen-bond donors (Lipinski definition) is 0. The van der Waals surface area contributed by atoms with Crippen molar-refractivity contribution in [1.82, 2.24) is 5.06 Å². The Morgan fingerprint density at radius 2 is 1.80 bits per heavy atom. The summed E-state index contributed by atoms with van der Waals surface area (Å²) < 4.78 is 61.3. The number of carbonyl (C=O) groups is 1. The molecule has 0 saturated heterocycles. The molecule has 20 heavy (non-hydrogen) atoms. The first-order chi connectivity index (χ1) is 9.13. The zero-order chi connectivity index (χ0) is 15.4. The fraction of sp³-hybridized carbons (Fsp3) is 0.364. The molecule has 0 fully saturated rings. The zero-order valence-electron chi connectivity index (χ0n) is 10.4. The molecule has 0 aliphatic carbocycles. The van der Waals surface area contributed by atoms with Gasteiger partial charge < -0.3 is 0 Å². The number of hydrogen-bond acceptors (Lipinski definition) is 4. The predicted octanol–water partition coefficient (Wildman–Crippen LogP) is 1.86. The maximum atomic E-state index is 12.1. The first kappa shape index (κ1) is 16.4. The molecule has 1 amide bonds. The third-order valence-corrected chi connectivity index (χ3v) is 3.30. The second kappa shape index (κ2) is 6.23. The highest BCUT2D eigenvalue weighted by atomic mass is 32.2. The van der Waals surface area contributed by atoms with Crippen LogP contribution in [-0.2, 0) is 25.6 Å². The molecule has 0 atom stereocenters. The van der Waals surface area contributed by atoms with Crippen molar-refractivity contribution in [1.29, 1.82) is 0 Å².